The second kappa shape index (κ2) is 12.5. The molecule has 2 heterocycles. The Labute approximate surface area is 269 Å². The molecule has 2 aromatic heterocycles. The molecule has 1 aliphatic carbocycles. The van der Waals surface area contributed by atoms with Crippen molar-refractivity contribution >= 4 is 27.9 Å². The maximum atomic E-state index is 13.1. The molecule has 1 aliphatic rings. The highest BCUT2D eigenvalue weighted by atomic mass is 19.4. The van der Waals surface area contributed by atoms with Gasteiger partial charge in [-0.05, 0) is 72.0 Å². The maximum Gasteiger partial charge on any atom is 0.416 e. The summed E-state index contributed by atoms with van der Waals surface area (Å²) in [7, 11) is 0. The van der Waals surface area contributed by atoms with Gasteiger partial charge in [-0.3, -0.25) is 4.79 Å². The van der Waals surface area contributed by atoms with Gasteiger partial charge in [-0.15, -0.1) is 0 Å². The van der Waals surface area contributed by atoms with Gasteiger partial charge in [-0.1, -0.05) is 67.4 Å². The third-order valence-corrected chi connectivity index (χ3v) is 9.02. The largest absolute Gasteiger partial charge is 0.487 e. The number of carboxylic acid groups (broad SMARTS) is 1. The van der Waals surface area contributed by atoms with E-state index in [-0.39, 0.29) is 12.5 Å². The lowest BCUT2D eigenvalue weighted by atomic mass is 9.78. The van der Waals surface area contributed by atoms with Gasteiger partial charge in [-0.2, -0.15) is 13.2 Å². The summed E-state index contributed by atoms with van der Waals surface area (Å²) < 4.78 is 47.6. The maximum absolute atomic E-state index is 13.1. The standard InChI is InChI=1S/C38H32F3N3O3/c39-38(40,41)28-15-12-25(13-16-28)27-8-5-6-24(20-27)22-44-35-19-18-30(47-23-29-17-14-26-7-1-4-11-33(26)42-29)21-34(35)43-36(44)31-9-2-3-10-32(31)37(45)46/h1,4-8,11-21,31-32H,2-3,9-10,22-23H2,(H,45,46)/t31?,32-/m0/s1. The van der Waals surface area contributed by atoms with Crippen molar-refractivity contribution in [3.05, 3.63) is 126 Å². The Kier molecular flexibility index (Phi) is 8.14. The Balaban J connectivity index is 1.21. The second-order valence-corrected chi connectivity index (χ2v) is 12.1. The molecule has 4 aromatic carbocycles. The van der Waals surface area contributed by atoms with E-state index in [1.165, 1.54) is 12.1 Å². The lowest BCUT2D eigenvalue weighted by molar-refractivity contribution is -0.143. The molecule has 7 rings (SSSR count). The van der Waals surface area contributed by atoms with Crippen LogP contribution in [0.15, 0.2) is 103 Å². The fourth-order valence-corrected chi connectivity index (χ4v) is 6.63. The van der Waals surface area contributed by atoms with E-state index in [0.29, 0.717) is 29.8 Å². The van der Waals surface area contributed by atoms with Crippen LogP contribution in [0, 0.1) is 5.92 Å². The van der Waals surface area contributed by atoms with Crippen LogP contribution in [-0.4, -0.2) is 25.6 Å². The average Bonchev–Trinajstić information content (AvgIpc) is 3.44. The molecule has 47 heavy (non-hydrogen) atoms. The van der Waals surface area contributed by atoms with E-state index in [1.54, 1.807) is 0 Å². The Hall–Kier alpha value is -5.18. The molecule has 1 saturated carbocycles. The number of fused-ring (bicyclic) bond motifs is 2. The monoisotopic (exact) mass is 635 g/mol. The van der Waals surface area contributed by atoms with Crippen LogP contribution < -0.4 is 4.74 Å². The average molecular weight is 636 g/mol. The predicted molar refractivity (Wildman–Crippen MR) is 174 cm³/mol. The lowest BCUT2D eigenvalue weighted by Crippen LogP contribution is -2.27. The zero-order valence-corrected chi connectivity index (χ0v) is 25.5. The molecule has 1 N–H and O–H groups in total. The molecule has 238 valence electrons. The Morgan fingerprint density at radius 3 is 2.45 bits per heavy atom. The third-order valence-electron chi connectivity index (χ3n) is 9.02. The summed E-state index contributed by atoms with van der Waals surface area (Å²) in [6, 6.07) is 30.4. The number of pyridine rings is 1. The normalized spacial score (nSPS) is 16.8. The first-order valence-electron chi connectivity index (χ1n) is 15.7. The molecule has 6 aromatic rings. The van der Waals surface area contributed by atoms with Gasteiger partial charge in [0.05, 0.1) is 33.7 Å². The quantitative estimate of drug-likeness (QED) is 0.180. The fraction of sp³-hybridized carbons (Fsp3) is 0.237. The number of imidazole rings is 1. The highest BCUT2D eigenvalue weighted by Gasteiger charge is 2.35. The summed E-state index contributed by atoms with van der Waals surface area (Å²) in [6.07, 6.45) is -1.29. The molecule has 0 amide bonds. The number of hydrogen-bond acceptors (Lipinski definition) is 4. The summed E-state index contributed by atoms with van der Waals surface area (Å²) in [4.78, 5) is 22.1. The SMILES string of the molecule is O=C(O)[C@H]1CCCCC1c1nc2cc(OCc3ccc4ccccc4n3)ccc2n1Cc1cccc(-c2ccc(C(F)(F)F)cc2)c1. The minimum absolute atomic E-state index is 0.252. The van der Waals surface area contributed by atoms with Crippen LogP contribution in [0.2, 0.25) is 0 Å². The number of rotatable bonds is 8. The Morgan fingerprint density at radius 1 is 0.830 bits per heavy atom. The van der Waals surface area contributed by atoms with Crippen molar-refractivity contribution in [2.75, 3.05) is 0 Å². The van der Waals surface area contributed by atoms with Gasteiger partial charge >= 0.3 is 12.1 Å². The van der Waals surface area contributed by atoms with Gasteiger partial charge < -0.3 is 14.4 Å². The fourth-order valence-electron chi connectivity index (χ4n) is 6.63. The molecule has 0 saturated heterocycles. The summed E-state index contributed by atoms with van der Waals surface area (Å²) in [5.41, 5.74) is 4.96. The molecule has 9 heteroatoms. The summed E-state index contributed by atoms with van der Waals surface area (Å²) in [6.45, 7) is 0.703. The number of aromatic nitrogens is 3. The Bertz CT molecular complexity index is 2070. The van der Waals surface area contributed by atoms with Crippen molar-refractivity contribution in [1.82, 2.24) is 14.5 Å². The molecule has 2 atom stereocenters. The number of benzene rings is 4. The van der Waals surface area contributed by atoms with E-state index < -0.39 is 23.6 Å². The molecular weight excluding hydrogens is 603 g/mol. The molecule has 0 radical (unpaired) electrons. The first-order valence-corrected chi connectivity index (χ1v) is 15.7. The van der Waals surface area contributed by atoms with Gasteiger partial charge in [0.15, 0.2) is 0 Å². The number of alkyl halides is 3. The van der Waals surface area contributed by atoms with Gasteiger partial charge in [0, 0.05) is 23.9 Å². The van der Waals surface area contributed by atoms with Crippen LogP contribution in [0.5, 0.6) is 5.75 Å². The van der Waals surface area contributed by atoms with Crippen molar-refractivity contribution in [2.45, 2.75) is 50.9 Å². The molecule has 6 nitrogen and oxygen atoms in total. The van der Waals surface area contributed by atoms with Crippen molar-refractivity contribution in [3.8, 4) is 16.9 Å². The van der Waals surface area contributed by atoms with E-state index in [1.807, 2.05) is 78.9 Å². The molecule has 0 spiro atoms. The van der Waals surface area contributed by atoms with Crippen molar-refractivity contribution in [1.29, 1.82) is 0 Å². The van der Waals surface area contributed by atoms with Crippen LogP contribution >= 0.6 is 0 Å². The third kappa shape index (κ3) is 6.43. The number of nitrogens with zero attached hydrogens (tertiary/aromatic N) is 3. The summed E-state index contributed by atoms with van der Waals surface area (Å²) >= 11 is 0. The van der Waals surface area contributed by atoms with E-state index in [4.69, 9.17) is 14.7 Å². The van der Waals surface area contributed by atoms with Gasteiger partial charge in [0.25, 0.3) is 0 Å². The molecular formula is C38H32F3N3O3. The van der Waals surface area contributed by atoms with Crippen LogP contribution in [-0.2, 0) is 24.1 Å². The van der Waals surface area contributed by atoms with E-state index in [9.17, 15) is 23.1 Å². The zero-order chi connectivity index (χ0) is 32.5. The topological polar surface area (TPSA) is 77.2 Å². The highest BCUT2D eigenvalue weighted by molar-refractivity contribution is 5.80. The smallest absolute Gasteiger partial charge is 0.416 e. The number of hydrogen-bond donors (Lipinski definition) is 1. The number of ether oxygens (including phenoxy) is 1. The van der Waals surface area contributed by atoms with Gasteiger partial charge in [0.2, 0.25) is 0 Å². The molecule has 0 bridgehead atoms. The Morgan fingerprint density at radius 2 is 1.64 bits per heavy atom. The van der Waals surface area contributed by atoms with Crippen molar-refractivity contribution < 1.29 is 27.8 Å². The molecule has 0 aliphatic heterocycles. The number of para-hydroxylation sites is 1. The number of halogens is 3. The van der Waals surface area contributed by atoms with E-state index >= 15 is 0 Å². The van der Waals surface area contributed by atoms with Crippen LogP contribution in [0.25, 0.3) is 33.1 Å². The first-order chi connectivity index (χ1) is 22.7. The molecule has 1 unspecified atom stereocenters. The van der Waals surface area contributed by atoms with Crippen LogP contribution in [0.1, 0.15) is 54.2 Å². The van der Waals surface area contributed by atoms with Crippen molar-refractivity contribution in [2.24, 2.45) is 5.92 Å². The first kappa shape index (κ1) is 30.5. The van der Waals surface area contributed by atoms with Crippen LogP contribution in [0.3, 0.4) is 0 Å². The number of carboxylic acids is 1. The minimum Gasteiger partial charge on any atom is -0.487 e. The van der Waals surface area contributed by atoms with E-state index in [2.05, 4.69) is 4.57 Å². The van der Waals surface area contributed by atoms with Gasteiger partial charge in [0.1, 0.15) is 18.2 Å². The van der Waals surface area contributed by atoms with Crippen LogP contribution in [0.4, 0.5) is 13.2 Å². The zero-order valence-electron chi connectivity index (χ0n) is 25.5. The minimum atomic E-state index is -4.40. The second-order valence-electron chi connectivity index (χ2n) is 12.1. The summed E-state index contributed by atoms with van der Waals surface area (Å²) in [5.74, 6) is -0.248. The number of aliphatic carboxylic acids is 1. The van der Waals surface area contributed by atoms with E-state index in [0.717, 1.165) is 70.5 Å². The summed E-state index contributed by atoms with van der Waals surface area (Å²) in [5, 5.41) is 11.2. The molecule has 1 fully saturated rings. The van der Waals surface area contributed by atoms with Gasteiger partial charge in [-0.25, -0.2) is 9.97 Å². The number of carbonyl (C=O) groups is 1. The highest BCUT2D eigenvalue weighted by Crippen LogP contribution is 2.40. The lowest BCUT2D eigenvalue weighted by Gasteiger charge is -2.28. The predicted octanol–water partition coefficient (Wildman–Crippen LogP) is 9.26. The van der Waals surface area contributed by atoms with Crippen molar-refractivity contribution in [3.63, 3.8) is 0 Å².